The molecule has 0 aliphatic carbocycles. The quantitative estimate of drug-likeness (QED) is 0.773. The van der Waals surface area contributed by atoms with Gasteiger partial charge in [0.05, 0.1) is 6.07 Å². The van der Waals surface area contributed by atoms with Crippen LogP contribution in [0.3, 0.4) is 0 Å². The molecule has 0 saturated heterocycles. The molecule has 1 unspecified atom stereocenters. The predicted molar refractivity (Wildman–Crippen MR) is 47.0 cm³/mol. The summed E-state index contributed by atoms with van der Waals surface area (Å²) in [5, 5.41) is 8.25. The third-order valence-corrected chi connectivity index (χ3v) is 1.85. The van der Waals surface area contributed by atoms with E-state index in [9.17, 15) is 22.0 Å². The maximum Gasteiger partial charge on any atom is 0.407 e. The van der Waals surface area contributed by atoms with Crippen molar-refractivity contribution in [2.24, 2.45) is 5.92 Å². The normalized spacial score (nSPS) is 12.9. The Kier molecular flexibility index (Phi) is 3.89. The first-order valence-electron chi connectivity index (χ1n) is 4.38. The van der Waals surface area contributed by atoms with Gasteiger partial charge in [-0.3, -0.25) is 0 Å². The summed E-state index contributed by atoms with van der Waals surface area (Å²) in [6.07, 6.45) is -4.74. The molecular weight excluding hydrogens is 245 g/mol. The predicted octanol–water partition coefficient (Wildman–Crippen LogP) is 3.05. The molecule has 17 heavy (non-hydrogen) atoms. The zero-order valence-electron chi connectivity index (χ0n) is 8.26. The van der Waals surface area contributed by atoms with Crippen molar-refractivity contribution in [1.29, 1.82) is 5.26 Å². The van der Waals surface area contributed by atoms with E-state index >= 15 is 0 Å². The molecule has 0 aliphatic rings. The molecule has 0 radical (unpaired) electrons. The maximum atomic E-state index is 13.0. The van der Waals surface area contributed by atoms with Crippen molar-refractivity contribution in [1.82, 2.24) is 0 Å². The number of ether oxygens (including phenoxy) is 1. The number of alkyl halides is 3. The van der Waals surface area contributed by atoms with Gasteiger partial charge in [-0.25, -0.2) is 8.78 Å². The molecule has 92 valence electrons. The Morgan fingerprint density at radius 3 is 2.41 bits per heavy atom. The SMILES string of the molecule is N#CC(COc1ccc(F)cc1F)C(F)(F)F. The second kappa shape index (κ2) is 4.99. The van der Waals surface area contributed by atoms with E-state index in [4.69, 9.17) is 5.26 Å². The highest BCUT2D eigenvalue weighted by Crippen LogP contribution is 2.27. The van der Waals surface area contributed by atoms with E-state index in [2.05, 4.69) is 4.74 Å². The summed E-state index contributed by atoms with van der Waals surface area (Å²) in [6, 6.07) is 3.17. The average molecular weight is 251 g/mol. The van der Waals surface area contributed by atoms with E-state index in [1.165, 1.54) is 0 Å². The van der Waals surface area contributed by atoms with Gasteiger partial charge in [-0.05, 0) is 12.1 Å². The van der Waals surface area contributed by atoms with E-state index < -0.39 is 36.1 Å². The van der Waals surface area contributed by atoms with Gasteiger partial charge < -0.3 is 4.74 Å². The van der Waals surface area contributed by atoms with E-state index in [1.54, 1.807) is 0 Å². The average Bonchev–Trinajstić information content (AvgIpc) is 2.19. The minimum atomic E-state index is -4.74. The number of nitrogens with zero attached hydrogens (tertiary/aromatic N) is 1. The van der Waals surface area contributed by atoms with Gasteiger partial charge in [-0.15, -0.1) is 0 Å². The summed E-state index contributed by atoms with van der Waals surface area (Å²) in [4.78, 5) is 0. The summed E-state index contributed by atoms with van der Waals surface area (Å²) in [7, 11) is 0. The Labute approximate surface area is 93.2 Å². The third kappa shape index (κ3) is 3.59. The lowest BCUT2D eigenvalue weighted by molar-refractivity contribution is -0.165. The van der Waals surface area contributed by atoms with E-state index in [-0.39, 0.29) is 0 Å². The van der Waals surface area contributed by atoms with Crippen molar-refractivity contribution in [3.05, 3.63) is 29.8 Å². The van der Waals surface area contributed by atoms with Gasteiger partial charge in [0.1, 0.15) is 12.4 Å². The summed E-state index contributed by atoms with van der Waals surface area (Å²) in [6.45, 7) is -1.04. The monoisotopic (exact) mass is 251 g/mol. The molecule has 0 amide bonds. The lowest BCUT2D eigenvalue weighted by Gasteiger charge is -2.14. The highest BCUT2D eigenvalue weighted by molar-refractivity contribution is 5.24. The second-order valence-corrected chi connectivity index (χ2v) is 3.11. The topological polar surface area (TPSA) is 33.0 Å². The second-order valence-electron chi connectivity index (χ2n) is 3.11. The maximum absolute atomic E-state index is 13.0. The van der Waals surface area contributed by atoms with E-state index in [0.717, 1.165) is 18.2 Å². The first kappa shape index (κ1) is 13.2. The lowest BCUT2D eigenvalue weighted by Crippen LogP contribution is -2.27. The van der Waals surface area contributed by atoms with Crippen LogP contribution >= 0.6 is 0 Å². The van der Waals surface area contributed by atoms with Crippen LogP contribution in [0, 0.1) is 28.9 Å². The number of halogens is 5. The molecule has 0 fully saturated rings. The molecule has 1 atom stereocenters. The van der Waals surface area contributed by atoms with Crippen molar-refractivity contribution in [2.75, 3.05) is 6.61 Å². The smallest absolute Gasteiger partial charge is 0.407 e. The molecule has 0 aromatic heterocycles. The van der Waals surface area contributed by atoms with Crippen LogP contribution in [0.1, 0.15) is 0 Å². The van der Waals surface area contributed by atoms with Gasteiger partial charge in [-0.2, -0.15) is 18.4 Å². The molecule has 1 aromatic carbocycles. The van der Waals surface area contributed by atoms with Crippen molar-refractivity contribution in [3.63, 3.8) is 0 Å². The van der Waals surface area contributed by atoms with Crippen molar-refractivity contribution < 1.29 is 26.7 Å². The van der Waals surface area contributed by atoms with E-state index in [0.29, 0.717) is 6.07 Å². The molecule has 7 heteroatoms. The number of rotatable bonds is 3. The number of hydrogen-bond donors (Lipinski definition) is 0. The Balaban J connectivity index is 2.71. The molecule has 2 nitrogen and oxygen atoms in total. The molecule has 0 aliphatic heterocycles. The highest BCUT2D eigenvalue weighted by atomic mass is 19.4. The Bertz CT molecular complexity index is 437. The Morgan fingerprint density at radius 2 is 1.94 bits per heavy atom. The molecule has 1 aromatic rings. The van der Waals surface area contributed by atoms with Gasteiger partial charge in [0.2, 0.25) is 0 Å². The molecular formula is C10H6F5NO. The van der Waals surface area contributed by atoms with Gasteiger partial charge >= 0.3 is 6.18 Å². The third-order valence-electron chi connectivity index (χ3n) is 1.85. The fourth-order valence-corrected chi connectivity index (χ4v) is 0.970. The zero-order valence-corrected chi connectivity index (χ0v) is 8.26. The first-order valence-corrected chi connectivity index (χ1v) is 4.38. The van der Waals surface area contributed by atoms with E-state index in [1.807, 2.05) is 0 Å². The van der Waals surface area contributed by atoms with Crippen LogP contribution in [0.2, 0.25) is 0 Å². The highest BCUT2D eigenvalue weighted by Gasteiger charge is 2.40. The standard InChI is InChI=1S/C10H6F5NO/c11-7-1-2-9(8(12)3-7)17-5-6(4-16)10(13,14)15/h1-3,6H,5H2. The Morgan fingerprint density at radius 1 is 1.29 bits per heavy atom. The van der Waals surface area contributed by atoms with Crippen LogP contribution < -0.4 is 4.74 Å². The number of benzene rings is 1. The van der Waals surface area contributed by atoms with Crippen LogP contribution in [-0.2, 0) is 0 Å². The Hall–Kier alpha value is -1.84. The van der Waals surface area contributed by atoms with Gasteiger partial charge in [0.25, 0.3) is 0 Å². The molecule has 0 bridgehead atoms. The number of hydrogen-bond acceptors (Lipinski definition) is 2. The van der Waals surface area contributed by atoms with Gasteiger partial charge in [0, 0.05) is 6.07 Å². The van der Waals surface area contributed by atoms with Crippen LogP contribution in [0.5, 0.6) is 5.75 Å². The largest absolute Gasteiger partial charge is 0.489 e. The summed E-state index contributed by atoms with van der Waals surface area (Å²) >= 11 is 0. The number of nitriles is 1. The van der Waals surface area contributed by atoms with Crippen molar-refractivity contribution in [3.8, 4) is 11.8 Å². The molecule has 0 spiro atoms. The molecule has 0 N–H and O–H groups in total. The minimum Gasteiger partial charge on any atom is -0.489 e. The van der Waals surface area contributed by atoms with Crippen LogP contribution in [0.4, 0.5) is 22.0 Å². The van der Waals surface area contributed by atoms with Crippen LogP contribution in [0.25, 0.3) is 0 Å². The van der Waals surface area contributed by atoms with Crippen LogP contribution in [-0.4, -0.2) is 12.8 Å². The van der Waals surface area contributed by atoms with Gasteiger partial charge in [-0.1, -0.05) is 0 Å². The molecule has 0 saturated carbocycles. The summed E-state index contributed by atoms with van der Waals surface area (Å²) < 4.78 is 66.3. The van der Waals surface area contributed by atoms with Crippen molar-refractivity contribution >= 4 is 0 Å². The van der Waals surface area contributed by atoms with Gasteiger partial charge in [0.15, 0.2) is 17.5 Å². The zero-order chi connectivity index (χ0) is 13.1. The van der Waals surface area contributed by atoms with Crippen molar-refractivity contribution in [2.45, 2.75) is 6.18 Å². The van der Waals surface area contributed by atoms with Crippen LogP contribution in [0.15, 0.2) is 18.2 Å². The summed E-state index contributed by atoms with van der Waals surface area (Å²) in [5.74, 6) is -4.88. The molecule has 1 rings (SSSR count). The lowest BCUT2D eigenvalue weighted by atomic mass is 10.2. The summed E-state index contributed by atoms with van der Waals surface area (Å²) in [5.41, 5.74) is 0. The first-order chi connectivity index (χ1) is 7.84. The molecule has 0 heterocycles. The minimum absolute atomic E-state index is 0.476. The fraction of sp³-hybridized carbons (Fsp3) is 0.300. The fourth-order valence-electron chi connectivity index (χ4n) is 0.970.